The smallest absolute Gasteiger partial charge is 0.337 e. The lowest BCUT2D eigenvalue weighted by Crippen LogP contribution is -2.39. The molecule has 0 spiro atoms. The molecular formula is C25H31N5O5. The molecule has 10 heteroatoms. The highest BCUT2D eigenvalue weighted by molar-refractivity contribution is 6.02. The van der Waals surface area contributed by atoms with Gasteiger partial charge < -0.3 is 25.3 Å². The fourth-order valence-corrected chi connectivity index (χ4v) is 4.23. The first-order valence-corrected chi connectivity index (χ1v) is 11.5. The average molecular weight is 482 g/mol. The normalized spacial score (nSPS) is 10.9. The number of aromatic nitrogens is 2. The molecule has 0 saturated carbocycles. The monoisotopic (exact) mass is 481 g/mol. The number of carbonyl (C=O) groups excluding carboxylic acids is 3. The van der Waals surface area contributed by atoms with Gasteiger partial charge >= 0.3 is 11.7 Å². The van der Waals surface area contributed by atoms with Crippen LogP contribution in [0.5, 0.6) is 0 Å². The highest BCUT2D eigenvalue weighted by Gasteiger charge is 2.23. The van der Waals surface area contributed by atoms with Crippen molar-refractivity contribution in [3.63, 3.8) is 0 Å². The standard InChI is InChI=1S/C25H31N5O5/c1-5-28(6-2)18-8-10-19(11-9-18)30(15-21(26)31)22(32)14-16-12-17(24(33)35-4)13-20-23(16)29(7-3)25(34)27-20/h8-13H,5-7,14-15H2,1-4H3,(H2,26,31)(H,27,34). The number of anilines is 2. The molecule has 0 saturated heterocycles. The van der Waals surface area contributed by atoms with Crippen molar-refractivity contribution < 1.29 is 19.1 Å². The number of methoxy groups -OCH3 is 1. The molecule has 0 aliphatic heterocycles. The molecule has 1 aromatic heterocycles. The molecule has 0 aliphatic rings. The third-order valence-electron chi connectivity index (χ3n) is 5.93. The van der Waals surface area contributed by atoms with Gasteiger partial charge in [-0.05, 0) is 62.7 Å². The number of hydrogen-bond donors (Lipinski definition) is 2. The number of H-pyrrole nitrogens is 1. The molecule has 3 aromatic rings. The third-order valence-corrected chi connectivity index (χ3v) is 5.93. The molecule has 1 heterocycles. The minimum absolute atomic E-state index is 0.163. The van der Waals surface area contributed by atoms with Gasteiger partial charge in [-0.3, -0.25) is 14.2 Å². The number of rotatable bonds is 10. The number of carbonyl (C=O) groups is 3. The van der Waals surface area contributed by atoms with Gasteiger partial charge in [0.05, 0.1) is 30.1 Å². The van der Waals surface area contributed by atoms with E-state index in [4.69, 9.17) is 10.5 Å². The van der Waals surface area contributed by atoms with E-state index in [-0.39, 0.29) is 24.2 Å². The van der Waals surface area contributed by atoms with E-state index in [2.05, 4.69) is 23.7 Å². The number of benzene rings is 2. The topological polar surface area (TPSA) is 131 Å². The van der Waals surface area contributed by atoms with E-state index in [0.29, 0.717) is 28.8 Å². The summed E-state index contributed by atoms with van der Waals surface area (Å²) in [5, 5.41) is 0. The van der Waals surface area contributed by atoms with Crippen LogP contribution in [0.1, 0.15) is 36.7 Å². The molecule has 0 aliphatic carbocycles. The summed E-state index contributed by atoms with van der Waals surface area (Å²) < 4.78 is 6.32. The minimum atomic E-state index is -0.660. The summed E-state index contributed by atoms with van der Waals surface area (Å²) in [5.41, 5.74) is 8.23. The predicted molar refractivity (Wildman–Crippen MR) is 135 cm³/mol. The summed E-state index contributed by atoms with van der Waals surface area (Å²) in [4.78, 5) is 56.1. The second-order valence-electron chi connectivity index (χ2n) is 8.01. The van der Waals surface area contributed by atoms with Crippen molar-refractivity contribution in [3.05, 3.63) is 58.0 Å². The molecule has 35 heavy (non-hydrogen) atoms. The van der Waals surface area contributed by atoms with Crippen molar-refractivity contribution in [2.75, 3.05) is 36.5 Å². The molecule has 2 aromatic carbocycles. The Labute approximate surface area is 203 Å². The zero-order chi connectivity index (χ0) is 25.7. The molecule has 0 fully saturated rings. The number of primary amides is 1. The molecule has 10 nitrogen and oxygen atoms in total. The summed E-state index contributed by atoms with van der Waals surface area (Å²) in [6, 6.07) is 10.4. The summed E-state index contributed by atoms with van der Waals surface area (Å²) >= 11 is 0. The van der Waals surface area contributed by atoms with E-state index in [0.717, 1.165) is 18.8 Å². The molecule has 2 amide bonds. The van der Waals surface area contributed by atoms with Gasteiger partial charge in [0.1, 0.15) is 6.54 Å². The number of nitrogens with one attached hydrogen (secondary N) is 1. The average Bonchev–Trinajstić information content (AvgIpc) is 3.18. The number of esters is 1. The summed E-state index contributed by atoms with van der Waals surface area (Å²) in [7, 11) is 1.26. The Kier molecular flexibility index (Phi) is 7.95. The van der Waals surface area contributed by atoms with Crippen LogP contribution in [0.2, 0.25) is 0 Å². The number of nitrogens with zero attached hydrogens (tertiary/aromatic N) is 3. The van der Waals surface area contributed by atoms with Gasteiger partial charge in [0.15, 0.2) is 0 Å². The number of nitrogens with two attached hydrogens (primary N) is 1. The van der Waals surface area contributed by atoms with Gasteiger partial charge in [-0.2, -0.15) is 0 Å². The van der Waals surface area contributed by atoms with Crippen LogP contribution in [-0.2, 0) is 27.3 Å². The van der Waals surface area contributed by atoms with Crippen molar-refractivity contribution in [1.82, 2.24) is 9.55 Å². The van der Waals surface area contributed by atoms with Crippen LogP contribution in [0.15, 0.2) is 41.2 Å². The van der Waals surface area contributed by atoms with E-state index in [9.17, 15) is 19.2 Å². The summed E-state index contributed by atoms with van der Waals surface area (Å²) in [6.45, 7) is 7.66. The van der Waals surface area contributed by atoms with Crippen molar-refractivity contribution >= 4 is 40.2 Å². The van der Waals surface area contributed by atoms with Crippen LogP contribution in [0.3, 0.4) is 0 Å². The Morgan fingerprint density at radius 3 is 2.20 bits per heavy atom. The number of amides is 2. The highest BCUT2D eigenvalue weighted by Crippen LogP contribution is 2.24. The van der Waals surface area contributed by atoms with E-state index >= 15 is 0 Å². The van der Waals surface area contributed by atoms with Crippen LogP contribution in [0, 0.1) is 0 Å². The van der Waals surface area contributed by atoms with Gasteiger partial charge in [0.2, 0.25) is 11.8 Å². The van der Waals surface area contributed by atoms with Crippen molar-refractivity contribution in [2.45, 2.75) is 33.7 Å². The SMILES string of the molecule is CCN(CC)c1ccc(N(CC(N)=O)C(=O)Cc2cc(C(=O)OC)cc3[nH]c(=O)n(CC)c23)cc1. The number of aromatic amines is 1. The fourth-order valence-electron chi connectivity index (χ4n) is 4.23. The van der Waals surface area contributed by atoms with Crippen LogP contribution < -0.4 is 21.2 Å². The van der Waals surface area contributed by atoms with E-state index in [1.165, 1.54) is 28.7 Å². The number of ether oxygens (including phenoxy) is 1. The maximum atomic E-state index is 13.5. The molecule has 3 rings (SSSR count). The molecule has 3 N–H and O–H groups in total. The summed E-state index contributed by atoms with van der Waals surface area (Å²) in [5.74, 6) is -1.66. The van der Waals surface area contributed by atoms with Gasteiger partial charge in [0.25, 0.3) is 0 Å². The number of hydrogen-bond acceptors (Lipinski definition) is 6. The highest BCUT2D eigenvalue weighted by atomic mass is 16.5. The fraction of sp³-hybridized carbons (Fsp3) is 0.360. The van der Waals surface area contributed by atoms with Gasteiger partial charge in [0, 0.05) is 31.0 Å². The molecule has 0 radical (unpaired) electrons. The molecule has 186 valence electrons. The number of imidazole rings is 1. The summed E-state index contributed by atoms with van der Waals surface area (Å²) in [6.07, 6.45) is -0.163. The Balaban J connectivity index is 2.04. The van der Waals surface area contributed by atoms with Crippen molar-refractivity contribution in [2.24, 2.45) is 5.73 Å². The lowest BCUT2D eigenvalue weighted by Gasteiger charge is -2.24. The maximum Gasteiger partial charge on any atom is 0.337 e. The first kappa shape index (κ1) is 25.5. The zero-order valence-electron chi connectivity index (χ0n) is 20.5. The van der Waals surface area contributed by atoms with Gasteiger partial charge in [-0.15, -0.1) is 0 Å². The third kappa shape index (κ3) is 5.37. The lowest BCUT2D eigenvalue weighted by molar-refractivity contribution is -0.122. The van der Waals surface area contributed by atoms with Crippen molar-refractivity contribution in [1.29, 1.82) is 0 Å². The Bertz CT molecular complexity index is 1290. The van der Waals surface area contributed by atoms with E-state index in [1.807, 2.05) is 19.1 Å². The van der Waals surface area contributed by atoms with Crippen LogP contribution in [-0.4, -0.2) is 54.1 Å². The Morgan fingerprint density at radius 2 is 1.66 bits per heavy atom. The van der Waals surface area contributed by atoms with Crippen LogP contribution in [0.4, 0.5) is 11.4 Å². The van der Waals surface area contributed by atoms with Gasteiger partial charge in [-0.25, -0.2) is 9.59 Å². The first-order chi connectivity index (χ1) is 16.7. The largest absolute Gasteiger partial charge is 0.465 e. The second-order valence-corrected chi connectivity index (χ2v) is 8.01. The van der Waals surface area contributed by atoms with Crippen molar-refractivity contribution in [3.8, 4) is 0 Å². The van der Waals surface area contributed by atoms with E-state index in [1.54, 1.807) is 12.1 Å². The Hall–Kier alpha value is -4.08. The van der Waals surface area contributed by atoms with Gasteiger partial charge in [-0.1, -0.05) is 0 Å². The molecular weight excluding hydrogens is 450 g/mol. The Morgan fingerprint density at radius 1 is 1.03 bits per heavy atom. The van der Waals surface area contributed by atoms with Crippen LogP contribution >= 0.6 is 0 Å². The van der Waals surface area contributed by atoms with E-state index < -0.39 is 17.8 Å². The first-order valence-electron chi connectivity index (χ1n) is 11.5. The zero-order valence-corrected chi connectivity index (χ0v) is 20.5. The molecule has 0 unspecified atom stereocenters. The minimum Gasteiger partial charge on any atom is -0.465 e. The van der Waals surface area contributed by atoms with Crippen LogP contribution in [0.25, 0.3) is 11.0 Å². The lowest BCUT2D eigenvalue weighted by atomic mass is 10.0. The molecule has 0 atom stereocenters. The maximum absolute atomic E-state index is 13.5. The quantitative estimate of drug-likeness (QED) is 0.426. The molecule has 0 bridgehead atoms. The second kappa shape index (κ2) is 10.9. The number of aryl methyl sites for hydroxylation is 1. The predicted octanol–water partition coefficient (Wildman–Crippen LogP) is 2.04. The number of fused-ring (bicyclic) bond motifs is 1.